The van der Waals surface area contributed by atoms with Gasteiger partial charge >= 0.3 is 0 Å². The summed E-state index contributed by atoms with van der Waals surface area (Å²) in [7, 11) is 0. The van der Waals surface area contributed by atoms with E-state index in [2.05, 4.69) is 15.9 Å². The Morgan fingerprint density at radius 2 is 2.00 bits per heavy atom. The Labute approximate surface area is 108 Å². The number of benzene rings is 1. The summed E-state index contributed by atoms with van der Waals surface area (Å²) in [6.07, 6.45) is 0. The van der Waals surface area contributed by atoms with Crippen molar-refractivity contribution in [1.82, 2.24) is 4.90 Å². The first kappa shape index (κ1) is 13.1. The number of nitrogens with two attached hydrogens (primary N) is 1. The summed E-state index contributed by atoms with van der Waals surface area (Å²) >= 11 is 8.16. The fourth-order valence-electron chi connectivity index (χ4n) is 1.16. The first-order valence-electron chi connectivity index (χ1n) is 4.54. The van der Waals surface area contributed by atoms with E-state index < -0.39 is 0 Å². The molecule has 1 aromatic rings. The van der Waals surface area contributed by atoms with E-state index in [0.717, 1.165) is 10.0 Å². The molecule has 0 spiro atoms. The maximum Gasteiger partial charge on any atom is 0.172 e. The summed E-state index contributed by atoms with van der Waals surface area (Å²) in [5.41, 5.74) is 6.45. The second kappa shape index (κ2) is 5.93. The number of aliphatic hydroxyl groups is 1. The fourth-order valence-corrected chi connectivity index (χ4v) is 1.60. The van der Waals surface area contributed by atoms with E-state index in [1.165, 1.54) is 4.90 Å². The Bertz CT molecular complexity index is 394. The lowest BCUT2D eigenvalue weighted by molar-refractivity contribution is 0.340. The van der Waals surface area contributed by atoms with E-state index in [0.29, 0.717) is 6.54 Å². The molecule has 0 aliphatic heterocycles. The number of rotatable bonds is 3. The minimum Gasteiger partial charge on any atom is -0.388 e. The van der Waals surface area contributed by atoms with E-state index in [9.17, 15) is 0 Å². The molecule has 0 atom stereocenters. The largest absolute Gasteiger partial charge is 0.388 e. The van der Waals surface area contributed by atoms with Crippen molar-refractivity contribution in [2.24, 2.45) is 5.73 Å². The van der Waals surface area contributed by atoms with Crippen molar-refractivity contribution >= 4 is 39.1 Å². The summed E-state index contributed by atoms with van der Waals surface area (Å²) in [4.78, 5) is 1.39. The number of amidine groups is 1. The Morgan fingerprint density at radius 1 is 1.44 bits per heavy atom. The maximum atomic E-state index is 8.89. The van der Waals surface area contributed by atoms with Crippen molar-refractivity contribution in [2.75, 3.05) is 6.61 Å². The molecule has 0 amide bonds. The molecule has 4 N–H and O–H groups in total. The zero-order valence-electron chi connectivity index (χ0n) is 8.48. The highest BCUT2D eigenvalue weighted by Crippen LogP contribution is 2.12. The normalized spacial score (nSPS) is 9.88. The topological polar surface area (TPSA) is 73.3 Å². The smallest absolute Gasteiger partial charge is 0.172 e. The molecule has 0 saturated heterocycles. The number of nitrogens with zero attached hydrogens (tertiary/aromatic N) is 1. The monoisotopic (exact) mass is 301 g/mol. The van der Waals surface area contributed by atoms with Gasteiger partial charge in [0.25, 0.3) is 0 Å². The third kappa shape index (κ3) is 3.55. The van der Waals surface area contributed by atoms with Crippen LogP contribution in [0.25, 0.3) is 0 Å². The van der Waals surface area contributed by atoms with Crippen LogP contribution >= 0.6 is 28.1 Å². The van der Waals surface area contributed by atoms with Crippen LogP contribution in [-0.2, 0) is 6.54 Å². The van der Waals surface area contributed by atoms with Crippen molar-refractivity contribution < 1.29 is 5.11 Å². The van der Waals surface area contributed by atoms with Crippen LogP contribution < -0.4 is 5.73 Å². The Hall–Kier alpha value is -0.980. The first-order valence-corrected chi connectivity index (χ1v) is 5.74. The molecule has 0 aliphatic carbocycles. The molecule has 0 saturated carbocycles. The predicted molar refractivity (Wildman–Crippen MR) is 71.3 cm³/mol. The Balaban J connectivity index is 2.80. The minimum absolute atomic E-state index is 0.00424. The van der Waals surface area contributed by atoms with E-state index in [-0.39, 0.29) is 17.6 Å². The minimum atomic E-state index is -0.381. The molecule has 0 heterocycles. The number of halogens is 1. The van der Waals surface area contributed by atoms with Gasteiger partial charge in [0.1, 0.15) is 12.4 Å². The van der Waals surface area contributed by atoms with Gasteiger partial charge in [-0.25, -0.2) is 0 Å². The lowest BCUT2D eigenvalue weighted by Gasteiger charge is -2.22. The molecule has 0 unspecified atom stereocenters. The molecule has 4 nitrogen and oxygen atoms in total. The van der Waals surface area contributed by atoms with E-state index >= 15 is 0 Å². The highest BCUT2D eigenvalue weighted by molar-refractivity contribution is 9.10. The third-order valence-electron chi connectivity index (χ3n) is 2.00. The first-order chi connectivity index (χ1) is 7.54. The van der Waals surface area contributed by atoms with Crippen molar-refractivity contribution in [2.45, 2.75) is 6.54 Å². The van der Waals surface area contributed by atoms with Crippen LogP contribution in [-0.4, -0.2) is 27.6 Å². The van der Waals surface area contributed by atoms with Gasteiger partial charge in [-0.15, -0.1) is 0 Å². The van der Waals surface area contributed by atoms with Gasteiger partial charge in [-0.1, -0.05) is 28.1 Å². The molecule has 0 aliphatic rings. The number of hydrogen-bond donors (Lipinski definition) is 3. The second-order valence-electron chi connectivity index (χ2n) is 3.16. The van der Waals surface area contributed by atoms with E-state index in [1.54, 1.807) is 0 Å². The molecule has 0 bridgehead atoms. The van der Waals surface area contributed by atoms with Crippen LogP contribution in [0, 0.1) is 5.41 Å². The van der Waals surface area contributed by atoms with Gasteiger partial charge in [0.05, 0.1) is 6.54 Å². The standard InChI is InChI=1S/C10H12BrN3OS/c11-8-3-1-7(2-4-8)5-14(10(13)16)9(12)6-15/h1-4,12,15H,5-6H2,(H2,13,16). The quantitative estimate of drug-likeness (QED) is 0.449. The molecule has 1 aromatic carbocycles. The molecule has 0 aromatic heterocycles. The van der Waals surface area contributed by atoms with Crippen molar-refractivity contribution in [1.29, 1.82) is 5.41 Å². The van der Waals surface area contributed by atoms with Crippen LogP contribution in [0.4, 0.5) is 0 Å². The van der Waals surface area contributed by atoms with Gasteiger partial charge < -0.3 is 15.7 Å². The van der Waals surface area contributed by atoms with Gasteiger partial charge in [0, 0.05) is 4.47 Å². The second-order valence-corrected chi connectivity index (χ2v) is 4.49. The lowest BCUT2D eigenvalue weighted by atomic mass is 10.2. The van der Waals surface area contributed by atoms with E-state index in [1.807, 2.05) is 24.3 Å². The SMILES string of the molecule is N=C(CO)N(Cc1ccc(Br)cc1)C(N)=S. The van der Waals surface area contributed by atoms with Gasteiger partial charge in [0.2, 0.25) is 0 Å². The zero-order chi connectivity index (χ0) is 12.1. The average Bonchev–Trinajstić information content (AvgIpc) is 2.27. The molecule has 16 heavy (non-hydrogen) atoms. The zero-order valence-corrected chi connectivity index (χ0v) is 10.9. The summed E-state index contributed by atoms with van der Waals surface area (Å²) in [6.45, 7) is 0.00980. The van der Waals surface area contributed by atoms with Crippen LogP contribution in [0.15, 0.2) is 28.7 Å². The van der Waals surface area contributed by atoms with Gasteiger partial charge in [-0.2, -0.15) is 0 Å². The van der Waals surface area contributed by atoms with Gasteiger partial charge in [0.15, 0.2) is 5.11 Å². The molecular weight excluding hydrogens is 290 g/mol. The third-order valence-corrected chi connectivity index (χ3v) is 2.74. The molecule has 0 radical (unpaired) electrons. The van der Waals surface area contributed by atoms with Crippen molar-refractivity contribution in [3.63, 3.8) is 0 Å². The van der Waals surface area contributed by atoms with Crippen LogP contribution in [0.2, 0.25) is 0 Å². The van der Waals surface area contributed by atoms with Crippen molar-refractivity contribution in [3.8, 4) is 0 Å². The molecule has 1 rings (SSSR count). The summed E-state index contributed by atoms with van der Waals surface area (Å²) in [5.74, 6) is -0.00424. The molecule has 0 fully saturated rings. The summed E-state index contributed by atoms with van der Waals surface area (Å²) in [5, 5.41) is 16.5. The molecule has 86 valence electrons. The van der Waals surface area contributed by atoms with Crippen molar-refractivity contribution in [3.05, 3.63) is 34.3 Å². The van der Waals surface area contributed by atoms with E-state index in [4.69, 9.17) is 28.5 Å². The summed E-state index contributed by atoms with van der Waals surface area (Å²) in [6, 6.07) is 7.60. The highest BCUT2D eigenvalue weighted by atomic mass is 79.9. The van der Waals surface area contributed by atoms with Crippen LogP contribution in [0.1, 0.15) is 5.56 Å². The van der Waals surface area contributed by atoms with Crippen LogP contribution in [0.3, 0.4) is 0 Å². The molecular formula is C10H12BrN3OS. The Morgan fingerprint density at radius 3 is 2.44 bits per heavy atom. The number of nitrogens with one attached hydrogen (secondary N) is 1. The number of thiocarbonyl (C=S) groups is 1. The number of aliphatic hydroxyl groups excluding tert-OH is 1. The van der Waals surface area contributed by atoms with Gasteiger partial charge in [-0.05, 0) is 29.9 Å². The maximum absolute atomic E-state index is 8.89. The number of hydrogen-bond acceptors (Lipinski definition) is 3. The summed E-state index contributed by atoms with van der Waals surface area (Å²) < 4.78 is 0.982. The van der Waals surface area contributed by atoms with Crippen LogP contribution in [0.5, 0.6) is 0 Å². The lowest BCUT2D eigenvalue weighted by Crippen LogP contribution is -2.41. The predicted octanol–water partition coefficient (Wildman–Crippen LogP) is 1.46. The average molecular weight is 302 g/mol. The fraction of sp³-hybridized carbons (Fsp3) is 0.200. The van der Waals surface area contributed by atoms with Gasteiger partial charge in [-0.3, -0.25) is 5.41 Å². The highest BCUT2D eigenvalue weighted by Gasteiger charge is 2.11. The Kier molecular flexibility index (Phi) is 4.85. The molecule has 6 heteroatoms.